The van der Waals surface area contributed by atoms with E-state index < -0.39 is 0 Å². The number of nitriles is 1. The number of methoxy groups -OCH3 is 1. The van der Waals surface area contributed by atoms with Gasteiger partial charge < -0.3 is 9.47 Å². The predicted molar refractivity (Wildman–Crippen MR) is 123 cm³/mol. The number of thioether (sulfide) groups is 1. The molecule has 0 fully saturated rings. The Morgan fingerprint density at radius 2 is 1.87 bits per heavy atom. The molecule has 0 saturated carbocycles. The number of hydrogen-bond acceptors (Lipinski definition) is 6. The van der Waals surface area contributed by atoms with Crippen LogP contribution in [0.25, 0.3) is 16.3 Å². The number of fused-ring (bicyclic) bond motifs is 1. The van der Waals surface area contributed by atoms with Gasteiger partial charge in [0.1, 0.15) is 12.7 Å². The molecule has 6 heteroatoms. The Kier molecular flexibility index (Phi) is 6.33. The highest BCUT2D eigenvalue weighted by Gasteiger charge is 2.09. The van der Waals surface area contributed by atoms with Crippen LogP contribution in [0.15, 0.2) is 82.0 Å². The third-order valence-electron chi connectivity index (χ3n) is 4.30. The lowest BCUT2D eigenvalue weighted by Gasteiger charge is -2.11. The molecule has 4 aromatic rings. The summed E-state index contributed by atoms with van der Waals surface area (Å²) >= 11 is 2.95. The van der Waals surface area contributed by atoms with E-state index >= 15 is 0 Å². The first-order valence-electron chi connectivity index (χ1n) is 9.25. The van der Waals surface area contributed by atoms with Gasteiger partial charge in [0.15, 0.2) is 15.8 Å². The number of aromatic nitrogens is 1. The fourth-order valence-electron chi connectivity index (χ4n) is 2.85. The van der Waals surface area contributed by atoms with Crippen LogP contribution in [0.5, 0.6) is 11.5 Å². The van der Waals surface area contributed by atoms with E-state index in [-0.39, 0.29) is 0 Å². The van der Waals surface area contributed by atoms with E-state index in [9.17, 15) is 5.26 Å². The number of benzene rings is 3. The van der Waals surface area contributed by atoms with E-state index in [1.165, 1.54) is 11.8 Å². The summed E-state index contributed by atoms with van der Waals surface area (Å²) in [5.74, 6) is 1.29. The van der Waals surface area contributed by atoms with Gasteiger partial charge in [-0.05, 0) is 53.2 Å². The van der Waals surface area contributed by atoms with Crippen LogP contribution in [0.2, 0.25) is 0 Å². The van der Waals surface area contributed by atoms with Crippen molar-refractivity contribution in [3.8, 4) is 17.6 Å². The molecule has 0 aliphatic heterocycles. The van der Waals surface area contributed by atoms with Crippen molar-refractivity contribution in [2.75, 3.05) is 7.11 Å². The molecule has 4 nitrogen and oxygen atoms in total. The SMILES string of the molecule is COc1cc(C=C(C#N)Sc2nc3ccccc3s2)ccc1OCc1ccccc1. The molecule has 30 heavy (non-hydrogen) atoms. The summed E-state index contributed by atoms with van der Waals surface area (Å²) in [6, 6.07) is 25.9. The third-order valence-corrected chi connectivity index (χ3v) is 6.33. The molecular weight excluding hydrogens is 412 g/mol. The van der Waals surface area contributed by atoms with Gasteiger partial charge in [-0.2, -0.15) is 5.26 Å². The van der Waals surface area contributed by atoms with Crippen LogP contribution in [0, 0.1) is 11.3 Å². The Labute approximate surface area is 183 Å². The van der Waals surface area contributed by atoms with Gasteiger partial charge in [0.25, 0.3) is 0 Å². The topological polar surface area (TPSA) is 55.1 Å². The monoisotopic (exact) mass is 430 g/mol. The molecule has 0 N–H and O–H groups in total. The van der Waals surface area contributed by atoms with Crippen molar-refractivity contribution in [1.29, 1.82) is 5.26 Å². The lowest BCUT2D eigenvalue weighted by atomic mass is 10.2. The minimum absolute atomic E-state index is 0.462. The smallest absolute Gasteiger partial charge is 0.161 e. The molecule has 0 saturated heterocycles. The molecule has 0 radical (unpaired) electrons. The van der Waals surface area contributed by atoms with Crippen LogP contribution >= 0.6 is 23.1 Å². The number of para-hydroxylation sites is 1. The first kappa shape index (κ1) is 20.0. The van der Waals surface area contributed by atoms with Gasteiger partial charge in [-0.25, -0.2) is 4.98 Å². The average Bonchev–Trinajstić information content (AvgIpc) is 3.20. The molecule has 0 amide bonds. The highest BCUT2D eigenvalue weighted by atomic mass is 32.2. The Hall–Kier alpha value is -3.27. The van der Waals surface area contributed by atoms with E-state index in [1.54, 1.807) is 18.4 Å². The maximum Gasteiger partial charge on any atom is 0.161 e. The van der Waals surface area contributed by atoms with Crippen LogP contribution in [0.4, 0.5) is 0 Å². The van der Waals surface area contributed by atoms with Gasteiger partial charge in [0, 0.05) is 0 Å². The molecule has 1 aromatic heterocycles. The van der Waals surface area contributed by atoms with Gasteiger partial charge in [0.2, 0.25) is 0 Å². The van der Waals surface area contributed by atoms with Gasteiger partial charge in [-0.15, -0.1) is 11.3 Å². The molecule has 0 bridgehead atoms. The maximum atomic E-state index is 9.60. The summed E-state index contributed by atoms with van der Waals surface area (Å²) in [5, 5.41) is 9.60. The summed E-state index contributed by atoms with van der Waals surface area (Å²) in [7, 11) is 1.61. The van der Waals surface area contributed by atoms with Gasteiger partial charge in [-0.1, -0.05) is 48.5 Å². The van der Waals surface area contributed by atoms with E-state index in [0.717, 1.165) is 25.7 Å². The number of ether oxygens (including phenoxy) is 2. The highest BCUT2D eigenvalue weighted by molar-refractivity contribution is 8.05. The molecule has 0 spiro atoms. The quantitative estimate of drug-likeness (QED) is 0.246. The second-order valence-corrected chi connectivity index (χ2v) is 8.67. The number of allylic oxidation sites excluding steroid dienone is 1. The Morgan fingerprint density at radius 1 is 1.07 bits per heavy atom. The molecule has 1 heterocycles. The molecule has 148 valence electrons. The molecule has 0 atom stereocenters. The Morgan fingerprint density at radius 3 is 2.63 bits per heavy atom. The summed E-state index contributed by atoms with van der Waals surface area (Å²) in [4.78, 5) is 5.15. The molecule has 4 rings (SSSR count). The summed E-state index contributed by atoms with van der Waals surface area (Å²) in [6.45, 7) is 0.462. The fraction of sp³-hybridized carbons (Fsp3) is 0.0833. The second-order valence-electron chi connectivity index (χ2n) is 6.35. The largest absolute Gasteiger partial charge is 0.493 e. The first-order valence-corrected chi connectivity index (χ1v) is 10.9. The van der Waals surface area contributed by atoms with Crippen molar-refractivity contribution in [3.05, 3.63) is 88.8 Å². The number of nitrogens with zero attached hydrogens (tertiary/aromatic N) is 2. The van der Waals surface area contributed by atoms with Crippen molar-refractivity contribution in [2.24, 2.45) is 0 Å². The zero-order chi connectivity index (χ0) is 20.8. The standard InChI is InChI=1S/C24H18N2O2S2/c1-27-22-14-18(11-12-21(22)28-16-17-7-3-2-4-8-17)13-19(15-25)29-24-26-20-9-5-6-10-23(20)30-24/h2-14H,16H2,1H3. The van der Waals surface area contributed by atoms with Crippen LogP contribution in [0.3, 0.4) is 0 Å². The fourth-order valence-corrected chi connectivity index (χ4v) is 4.83. The van der Waals surface area contributed by atoms with Crippen LogP contribution in [0.1, 0.15) is 11.1 Å². The van der Waals surface area contributed by atoms with E-state index in [2.05, 4.69) is 11.1 Å². The molecule has 0 aliphatic carbocycles. The van der Waals surface area contributed by atoms with E-state index in [1.807, 2.05) is 78.9 Å². The number of thiazole rings is 1. The number of hydrogen-bond donors (Lipinski definition) is 0. The molecule has 0 unspecified atom stereocenters. The van der Waals surface area contributed by atoms with Crippen molar-refractivity contribution < 1.29 is 9.47 Å². The first-order chi connectivity index (χ1) is 14.7. The maximum absolute atomic E-state index is 9.60. The van der Waals surface area contributed by atoms with Crippen LogP contribution in [-0.4, -0.2) is 12.1 Å². The van der Waals surface area contributed by atoms with E-state index in [0.29, 0.717) is 23.0 Å². The summed E-state index contributed by atoms with van der Waals surface area (Å²) in [6.07, 6.45) is 1.83. The van der Waals surface area contributed by atoms with Gasteiger partial charge >= 0.3 is 0 Å². The minimum atomic E-state index is 0.462. The normalized spacial score (nSPS) is 11.3. The van der Waals surface area contributed by atoms with Gasteiger partial charge in [0.05, 0.1) is 22.2 Å². The second kappa shape index (κ2) is 9.49. The Balaban J connectivity index is 1.51. The molecular formula is C24H18N2O2S2. The predicted octanol–water partition coefficient (Wildman–Crippen LogP) is 6.54. The van der Waals surface area contributed by atoms with Crippen molar-refractivity contribution in [3.63, 3.8) is 0 Å². The van der Waals surface area contributed by atoms with E-state index in [4.69, 9.17) is 9.47 Å². The Bertz CT molecular complexity index is 1190. The van der Waals surface area contributed by atoms with Gasteiger partial charge in [-0.3, -0.25) is 0 Å². The molecule has 0 aliphatic rings. The summed E-state index contributed by atoms with van der Waals surface area (Å²) in [5.41, 5.74) is 2.90. The third kappa shape index (κ3) is 4.82. The molecule has 3 aromatic carbocycles. The number of rotatable bonds is 7. The van der Waals surface area contributed by atoms with Crippen molar-refractivity contribution >= 4 is 39.4 Å². The van der Waals surface area contributed by atoms with Crippen molar-refractivity contribution in [2.45, 2.75) is 10.9 Å². The van der Waals surface area contributed by atoms with Crippen molar-refractivity contribution in [1.82, 2.24) is 4.98 Å². The lowest BCUT2D eigenvalue weighted by molar-refractivity contribution is 0.284. The zero-order valence-electron chi connectivity index (χ0n) is 16.2. The summed E-state index contributed by atoms with van der Waals surface area (Å²) < 4.78 is 13.4. The zero-order valence-corrected chi connectivity index (χ0v) is 17.9. The van der Waals surface area contributed by atoms with Crippen LogP contribution < -0.4 is 9.47 Å². The lowest BCUT2D eigenvalue weighted by Crippen LogP contribution is -1.97. The van der Waals surface area contributed by atoms with Crippen LogP contribution in [-0.2, 0) is 6.61 Å². The highest BCUT2D eigenvalue weighted by Crippen LogP contribution is 2.35. The average molecular weight is 431 g/mol. The minimum Gasteiger partial charge on any atom is -0.493 e.